The number of hydrogen-bond acceptors (Lipinski definition) is 8. The van der Waals surface area contributed by atoms with Crippen molar-refractivity contribution in [2.45, 2.75) is 46.3 Å². The number of carbonyl (C=O) groups is 1. The summed E-state index contributed by atoms with van der Waals surface area (Å²) in [6.07, 6.45) is 11.4. The van der Waals surface area contributed by atoms with Gasteiger partial charge in [0.15, 0.2) is 5.82 Å². The third kappa shape index (κ3) is 5.00. The van der Waals surface area contributed by atoms with Crippen LogP contribution in [0.15, 0.2) is 43.2 Å². The monoisotopic (exact) mass is 489 g/mol. The van der Waals surface area contributed by atoms with Gasteiger partial charge in [-0.3, -0.25) is 14.6 Å². The van der Waals surface area contributed by atoms with Crippen LogP contribution in [0, 0.1) is 0 Å². The average molecular weight is 490 g/mol. The van der Waals surface area contributed by atoms with Crippen molar-refractivity contribution in [2.75, 3.05) is 31.1 Å². The molecule has 1 aliphatic rings. The molecule has 0 unspecified atom stereocenters. The molecule has 188 valence electrons. The van der Waals surface area contributed by atoms with Crippen molar-refractivity contribution in [1.82, 2.24) is 39.4 Å². The van der Waals surface area contributed by atoms with E-state index < -0.39 is 5.60 Å². The molecule has 5 rings (SSSR count). The van der Waals surface area contributed by atoms with Gasteiger partial charge in [0.1, 0.15) is 11.4 Å². The van der Waals surface area contributed by atoms with Gasteiger partial charge in [-0.25, -0.2) is 14.5 Å². The average Bonchev–Trinajstić information content (AvgIpc) is 3.43. The number of carbonyl (C=O) groups excluding carboxylic acids is 1. The number of amides is 1. The standard InChI is InChI=1S/C25H31N9O2/c1-5-33-17-19(14-28-33)20-11-21-18(12-27-20)13-29-34(21)23-16-26-15-22(30-23)31-7-6-8-32(10-9-31)24(35)36-25(2,3)4/h11-17H,5-10H2,1-4H3. The lowest BCUT2D eigenvalue weighted by Gasteiger charge is -2.26. The van der Waals surface area contributed by atoms with E-state index in [9.17, 15) is 4.79 Å². The first-order chi connectivity index (χ1) is 17.3. The number of pyridine rings is 1. The number of nitrogens with zero attached hydrogens (tertiary/aromatic N) is 9. The Morgan fingerprint density at radius 2 is 1.83 bits per heavy atom. The maximum absolute atomic E-state index is 12.5. The largest absolute Gasteiger partial charge is 0.444 e. The molecule has 0 bridgehead atoms. The summed E-state index contributed by atoms with van der Waals surface area (Å²) in [5.74, 6) is 1.37. The number of aromatic nitrogens is 7. The molecule has 11 heteroatoms. The molecule has 0 spiro atoms. The summed E-state index contributed by atoms with van der Waals surface area (Å²) < 4.78 is 9.21. The Morgan fingerprint density at radius 1 is 1.00 bits per heavy atom. The molecular weight excluding hydrogens is 458 g/mol. The number of anilines is 1. The summed E-state index contributed by atoms with van der Waals surface area (Å²) in [6.45, 7) is 11.1. The van der Waals surface area contributed by atoms with Crippen molar-refractivity contribution in [1.29, 1.82) is 0 Å². The van der Waals surface area contributed by atoms with Gasteiger partial charge in [-0.05, 0) is 40.2 Å². The summed E-state index contributed by atoms with van der Waals surface area (Å²) in [5.41, 5.74) is 2.15. The molecular formula is C25H31N9O2. The van der Waals surface area contributed by atoms with Gasteiger partial charge in [0.25, 0.3) is 0 Å². The normalized spacial score (nSPS) is 14.8. The van der Waals surface area contributed by atoms with E-state index in [1.54, 1.807) is 28.2 Å². The Hall–Kier alpha value is -4.02. The molecule has 1 saturated heterocycles. The Bertz CT molecular complexity index is 1370. The smallest absolute Gasteiger partial charge is 0.410 e. The highest BCUT2D eigenvalue weighted by Crippen LogP contribution is 2.24. The maximum Gasteiger partial charge on any atom is 0.410 e. The summed E-state index contributed by atoms with van der Waals surface area (Å²) in [7, 11) is 0. The fourth-order valence-corrected chi connectivity index (χ4v) is 4.19. The molecule has 0 aliphatic carbocycles. The second-order valence-electron chi connectivity index (χ2n) is 9.81. The SMILES string of the molecule is CCn1cc(-c2cc3c(cn2)cnn3-c2cncc(N3CCCN(C(=O)OC(C)(C)C)CC3)n2)cn1. The lowest BCUT2D eigenvalue weighted by atomic mass is 10.2. The predicted octanol–water partition coefficient (Wildman–Crippen LogP) is 3.54. The van der Waals surface area contributed by atoms with Crippen LogP contribution in [0.2, 0.25) is 0 Å². The number of hydrogen-bond donors (Lipinski definition) is 0. The maximum atomic E-state index is 12.5. The van der Waals surface area contributed by atoms with Crippen LogP contribution in [0.1, 0.15) is 34.1 Å². The molecule has 1 fully saturated rings. The van der Waals surface area contributed by atoms with Crippen molar-refractivity contribution in [3.63, 3.8) is 0 Å². The van der Waals surface area contributed by atoms with Crippen molar-refractivity contribution in [3.05, 3.63) is 43.2 Å². The van der Waals surface area contributed by atoms with Gasteiger partial charge >= 0.3 is 6.09 Å². The molecule has 1 aliphatic heterocycles. The quantitative estimate of drug-likeness (QED) is 0.428. The Morgan fingerprint density at radius 3 is 2.61 bits per heavy atom. The van der Waals surface area contributed by atoms with E-state index in [4.69, 9.17) is 9.72 Å². The van der Waals surface area contributed by atoms with Crippen LogP contribution < -0.4 is 4.90 Å². The molecule has 11 nitrogen and oxygen atoms in total. The minimum absolute atomic E-state index is 0.277. The van der Waals surface area contributed by atoms with E-state index in [0.717, 1.165) is 47.5 Å². The molecule has 4 aromatic rings. The highest BCUT2D eigenvalue weighted by atomic mass is 16.6. The Labute approximate surface area is 209 Å². The van der Waals surface area contributed by atoms with E-state index in [1.165, 1.54) is 0 Å². The van der Waals surface area contributed by atoms with Crippen molar-refractivity contribution < 1.29 is 9.53 Å². The first-order valence-electron chi connectivity index (χ1n) is 12.2. The molecule has 36 heavy (non-hydrogen) atoms. The zero-order valence-corrected chi connectivity index (χ0v) is 21.1. The van der Waals surface area contributed by atoms with Gasteiger partial charge in [-0.15, -0.1) is 0 Å². The topological polar surface area (TPSA) is 107 Å². The number of rotatable bonds is 4. The molecule has 1 amide bonds. The summed E-state index contributed by atoms with van der Waals surface area (Å²) in [6, 6.07) is 2.00. The minimum Gasteiger partial charge on any atom is -0.444 e. The lowest BCUT2D eigenvalue weighted by molar-refractivity contribution is 0.0263. The predicted molar refractivity (Wildman–Crippen MR) is 136 cm³/mol. The van der Waals surface area contributed by atoms with Gasteiger partial charge in [0.05, 0.1) is 36.0 Å². The van der Waals surface area contributed by atoms with Gasteiger partial charge in [-0.1, -0.05) is 0 Å². The third-order valence-electron chi connectivity index (χ3n) is 6.00. The molecule has 0 N–H and O–H groups in total. The second-order valence-corrected chi connectivity index (χ2v) is 9.81. The van der Waals surface area contributed by atoms with Gasteiger partial charge in [-0.2, -0.15) is 10.2 Å². The zero-order valence-electron chi connectivity index (χ0n) is 21.1. The number of aryl methyl sites for hydroxylation is 1. The van der Waals surface area contributed by atoms with Crippen LogP contribution in [-0.4, -0.2) is 77.3 Å². The molecule has 4 aromatic heterocycles. The van der Waals surface area contributed by atoms with E-state index >= 15 is 0 Å². The second kappa shape index (κ2) is 9.56. The van der Waals surface area contributed by atoms with Crippen molar-refractivity contribution in [2.24, 2.45) is 0 Å². The van der Waals surface area contributed by atoms with Gasteiger partial charge < -0.3 is 14.5 Å². The zero-order chi connectivity index (χ0) is 25.3. The number of ether oxygens (including phenoxy) is 1. The summed E-state index contributed by atoms with van der Waals surface area (Å²) in [5, 5.41) is 9.83. The van der Waals surface area contributed by atoms with E-state index in [2.05, 4.69) is 25.1 Å². The van der Waals surface area contributed by atoms with E-state index in [0.29, 0.717) is 25.5 Å². The fraction of sp³-hybridized carbons (Fsp3) is 0.440. The fourth-order valence-electron chi connectivity index (χ4n) is 4.19. The van der Waals surface area contributed by atoms with E-state index in [-0.39, 0.29) is 6.09 Å². The van der Waals surface area contributed by atoms with Crippen LogP contribution in [-0.2, 0) is 11.3 Å². The van der Waals surface area contributed by atoms with Crippen LogP contribution in [0.4, 0.5) is 10.6 Å². The summed E-state index contributed by atoms with van der Waals surface area (Å²) >= 11 is 0. The lowest BCUT2D eigenvalue weighted by Crippen LogP contribution is -2.39. The van der Waals surface area contributed by atoms with Crippen molar-refractivity contribution >= 4 is 22.8 Å². The van der Waals surface area contributed by atoms with Crippen molar-refractivity contribution in [3.8, 4) is 17.1 Å². The highest BCUT2D eigenvalue weighted by molar-refractivity contribution is 5.83. The van der Waals surface area contributed by atoms with E-state index in [1.807, 2.05) is 57.0 Å². The molecule has 0 saturated carbocycles. The highest BCUT2D eigenvalue weighted by Gasteiger charge is 2.25. The Balaban J connectivity index is 1.38. The van der Waals surface area contributed by atoms with Crippen LogP contribution in [0.25, 0.3) is 28.0 Å². The summed E-state index contributed by atoms with van der Waals surface area (Å²) in [4.78, 5) is 30.3. The van der Waals surface area contributed by atoms with Crippen LogP contribution >= 0.6 is 0 Å². The van der Waals surface area contributed by atoms with Crippen LogP contribution in [0.3, 0.4) is 0 Å². The Kier molecular flexibility index (Phi) is 6.29. The first-order valence-corrected chi connectivity index (χ1v) is 12.2. The molecule has 0 radical (unpaired) electrons. The van der Waals surface area contributed by atoms with Gasteiger partial charge in [0.2, 0.25) is 0 Å². The minimum atomic E-state index is -0.513. The van der Waals surface area contributed by atoms with Gasteiger partial charge in [0, 0.05) is 56.1 Å². The molecule has 0 aromatic carbocycles. The first kappa shape index (κ1) is 23.7. The molecule has 0 atom stereocenters. The number of fused-ring (bicyclic) bond motifs is 1. The molecule has 5 heterocycles. The van der Waals surface area contributed by atoms with Crippen LogP contribution in [0.5, 0.6) is 0 Å². The third-order valence-corrected chi connectivity index (χ3v) is 6.00.